The van der Waals surface area contributed by atoms with Gasteiger partial charge in [0.15, 0.2) is 0 Å². The fraction of sp³-hybridized carbons (Fsp3) is 0.571. The summed E-state index contributed by atoms with van der Waals surface area (Å²) in [6.07, 6.45) is 2.04. The molecule has 2 fully saturated rings. The molecule has 0 radical (unpaired) electrons. The largest absolute Gasteiger partial charge is 0.420 e. The van der Waals surface area contributed by atoms with E-state index in [-0.39, 0.29) is 11.8 Å². The number of aromatic nitrogens is 2. The summed E-state index contributed by atoms with van der Waals surface area (Å²) in [6, 6.07) is 10.4. The number of carbonyl (C=O) groups is 1. The first-order valence-corrected chi connectivity index (χ1v) is 10.0. The van der Waals surface area contributed by atoms with E-state index in [9.17, 15) is 4.79 Å². The van der Waals surface area contributed by atoms with Gasteiger partial charge in [-0.1, -0.05) is 18.2 Å². The maximum absolute atomic E-state index is 11.6. The molecular formula is C21H28N4O3. The summed E-state index contributed by atoms with van der Waals surface area (Å²) < 4.78 is 11.5. The maximum Gasteiger partial charge on any atom is 0.247 e. The lowest BCUT2D eigenvalue weighted by atomic mass is 9.97. The molecule has 0 bridgehead atoms. The Morgan fingerprint density at radius 3 is 2.61 bits per heavy atom. The third-order valence-electron chi connectivity index (χ3n) is 6.05. The highest BCUT2D eigenvalue weighted by molar-refractivity contribution is 5.73. The molecule has 28 heavy (non-hydrogen) atoms. The van der Waals surface area contributed by atoms with Crippen molar-refractivity contribution in [2.75, 3.05) is 39.9 Å². The molecule has 1 aromatic heterocycles. The van der Waals surface area contributed by atoms with E-state index in [0.29, 0.717) is 30.3 Å². The molecule has 4 rings (SSSR count). The SMILES string of the molecule is COC[C@@H]1CN(C2CCN(C(C)=O)CC2)C[C@H]1c1nnc(-c2ccccc2)o1. The number of rotatable bonds is 5. The average Bonchev–Trinajstić information content (AvgIpc) is 3.36. The van der Waals surface area contributed by atoms with Crippen molar-refractivity contribution >= 4 is 5.91 Å². The Labute approximate surface area is 165 Å². The van der Waals surface area contributed by atoms with E-state index in [1.165, 1.54) is 0 Å². The Morgan fingerprint density at radius 1 is 1.18 bits per heavy atom. The number of hydrogen-bond acceptors (Lipinski definition) is 6. The molecule has 0 unspecified atom stereocenters. The second-order valence-corrected chi connectivity index (χ2v) is 7.82. The Hall–Kier alpha value is -2.25. The van der Waals surface area contributed by atoms with Crippen LogP contribution in [0.2, 0.25) is 0 Å². The second kappa shape index (κ2) is 8.41. The summed E-state index contributed by atoms with van der Waals surface area (Å²) in [5.74, 6) is 1.95. The van der Waals surface area contributed by atoms with Crippen LogP contribution in [0.1, 0.15) is 31.6 Å². The van der Waals surface area contributed by atoms with Crippen LogP contribution in [-0.2, 0) is 9.53 Å². The van der Waals surface area contributed by atoms with Gasteiger partial charge in [-0.25, -0.2) is 0 Å². The van der Waals surface area contributed by atoms with Crippen LogP contribution in [0.3, 0.4) is 0 Å². The van der Waals surface area contributed by atoms with Gasteiger partial charge in [-0.2, -0.15) is 0 Å². The molecule has 2 atom stereocenters. The van der Waals surface area contributed by atoms with Gasteiger partial charge < -0.3 is 14.1 Å². The molecular weight excluding hydrogens is 356 g/mol. The molecule has 0 spiro atoms. The van der Waals surface area contributed by atoms with Gasteiger partial charge in [-0.3, -0.25) is 9.69 Å². The molecule has 0 aliphatic carbocycles. The first kappa shape index (κ1) is 19.1. The molecule has 2 aromatic rings. The Kier molecular flexibility index (Phi) is 5.73. The van der Waals surface area contributed by atoms with Gasteiger partial charge in [0.25, 0.3) is 0 Å². The smallest absolute Gasteiger partial charge is 0.247 e. The zero-order valence-corrected chi connectivity index (χ0v) is 16.6. The molecule has 0 saturated carbocycles. The highest BCUT2D eigenvalue weighted by Crippen LogP contribution is 2.36. The van der Waals surface area contributed by atoms with Crippen molar-refractivity contribution < 1.29 is 13.9 Å². The minimum atomic E-state index is 0.175. The number of hydrogen-bond donors (Lipinski definition) is 0. The summed E-state index contributed by atoms with van der Waals surface area (Å²) in [5, 5.41) is 8.64. The number of likely N-dealkylation sites (tertiary alicyclic amines) is 2. The average molecular weight is 384 g/mol. The van der Waals surface area contributed by atoms with E-state index in [0.717, 1.165) is 44.6 Å². The normalized spacial score (nSPS) is 24.0. The van der Waals surface area contributed by atoms with E-state index in [1.54, 1.807) is 14.0 Å². The summed E-state index contributed by atoms with van der Waals surface area (Å²) in [4.78, 5) is 16.1. The van der Waals surface area contributed by atoms with Crippen molar-refractivity contribution in [1.29, 1.82) is 0 Å². The monoisotopic (exact) mass is 384 g/mol. The first-order chi connectivity index (χ1) is 13.7. The number of nitrogens with zero attached hydrogens (tertiary/aromatic N) is 4. The van der Waals surface area contributed by atoms with Crippen molar-refractivity contribution in [3.05, 3.63) is 36.2 Å². The van der Waals surface area contributed by atoms with Crippen LogP contribution in [-0.4, -0.2) is 71.8 Å². The lowest BCUT2D eigenvalue weighted by Crippen LogP contribution is -2.45. The van der Waals surface area contributed by atoms with Crippen LogP contribution in [0.25, 0.3) is 11.5 Å². The highest BCUT2D eigenvalue weighted by atomic mass is 16.5. The standard InChI is InChI=1S/C21H28N4O3/c1-15(26)24-10-8-18(9-11-24)25-12-17(14-27-2)19(13-25)21-23-22-20(28-21)16-6-4-3-5-7-16/h3-7,17-19H,8-14H2,1-2H3/t17-,19+/m0/s1. The van der Waals surface area contributed by atoms with E-state index in [2.05, 4.69) is 15.1 Å². The number of benzene rings is 1. The van der Waals surface area contributed by atoms with E-state index < -0.39 is 0 Å². The zero-order valence-electron chi connectivity index (χ0n) is 16.6. The van der Waals surface area contributed by atoms with Crippen molar-refractivity contribution in [3.8, 4) is 11.5 Å². The molecule has 7 nitrogen and oxygen atoms in total. The van der Waals surface area contributed by atoms with Crippen molar-refractivity contribution in [2.45, 2.75) is 31.7 Å². The summed E-state index contributed by atoms with van der Waals surface area (Å²) in [5.41, 5.74) is 0.941. The van der Waals surface area contributed by atoms with Gasteiger partial charge in [0.1, 0.15) is 0 Å². The minimum absolute atomic E-state index is 0.175. The molecule has 0 N–H and O–H groups in total. The molecule has 2 aliphatic heterocycles. The van der Waals surface area contributed by atoms with Crippen LogP contribution < -0.4 is 0 Å². The van der Waals surface area contributed by atoms with Gasteiger partial charge in [0, 0.05) is 57.7 Å². The number of ether oxygens (including phenoxy) is 1. The first-order valence-electron chi connectivity index (χ1n) is 10.0. The predicted molar refractivity (Wildman–Crippen MR) is 105 cm³/mol. The summed E-state index contributed by atoms with van der Waals surface area (Å²) in [6.45, 7) is 5.88. The lowest BCUT2D eigenvalue weighted by molar-refractivity contribution is -0.130. The Balaban J connectivity index is 1.46. The number of methoxy groups -OCH3 is 1. The molecule has 2 aliphatic rings. The quantitative estimate of drug-likeness (QED) is 0.788. The molecule has 1 amide bonds. The van der Waals surface area contributed by atoms with Gasteiger partial charge in [0.05, 0.1) is 12.5 Å². The topological polar surface area (TPSA) is 71.7 Å². The fourth-order valence-electron chi connectivity index (χ4n) is 4.49. The van der Waals surface area contributed by atoms with Crippen LogP contribution in [0, 0.1) is 5.92 Å². The van der Waals surface area contributed by atoms with Gasteiger partial charge in [0.2, 0.25) is 17.7 Å². The summed E-state index contributed by atoms with van der Waals surface area (Å²) in [7, 11) is 1.74. The fourth-order valence-corrected chi connectivity index (χ4v) is 4.49. The van der Waals surface area contributed by atoms with E-state index in [1.807, 2.05) is 35.2 Å². The second-order valence-electron chi connectivity index (χ2n) is 7.82. The van der Waals surface area contributed by atoms with Crippen molar-refractivity contribution in [3.63, 3.8) is 0 Å². The van der Waals surface area contributed by atoms with Crippen LogP contribution in [0.4, 0.5) is 0 Å². The van der Waals surface area contributed by atoms with E-state index in [4.69, 9.17) is 9.15 Å². The molecule has 1 aromatic carbocycles. The van der Waals surface area contributed by atoms with Crippen LogP contribution >= 0.6 is 0 Å². The van der Waals surface area contributed by atoms with Crippen LogP contribution in [0.5, 0.6) is 0 Å². The number of carbonyl (C=O) groups excluding carboxylic acids is 1. The Morgan fingerprint density at radius 2 is 1.93 bits per heavy atom. The van der Waals surface area contributed by atoms with Gasteiger partial charge >= 0.3 is 0 Å². The molecule has 7 heteroatoms. The molecule has 2 saturated heterocycles. The third kappa shape index (κ3) is 3.95. The van der Waals surface area contributed by atoms with Gasteiger partial charge in [-0.15, -0.1) is 10.2 Å². The minimum Gasteiger partial charge on any atom is -0.420 e. The van der Waals surface area contributed by atoms with Gasteiger partial charge in [-0.05, 0) is 25.0 Å². The lowest BCUT2D eigenvalue weighted by Gasteiger charge is -2.36. The van der Waals surface area contributed by atoms with Crippen molar-refractivity contribution in [2.24, 2.45) is 5.92 Å². The molecule has 3 heterocycles. The molecule has 150 valence electrons. The van der Waals surface area contributed by atoms with Crippen LogP contribution in [0.15, 0.2) is 34.7 Å². The number of amides is 1. The third-order valence-corrected chi connectivity index (χ3v) is 6.05. The highest BCUT2D eigenvalue weighted by Gasteiger charge is 2.40. The number of piperidine rings is 1. The summed E-state index contributed by atoms with van der Waals surface area (Å²) >= 11 is 0. The van der Waals surface area contributed by atoms with Crippen molar-refractivity contribution in [1.82, 2.24) is 20.0 Å². The zero-order chi connectivity index (χ0) is 19.5. The Bertz CT molecular complexity index is 786. The maximum atomic E-state index is 11.6. The van der Waals surface area contributed by atoms with E-state index >= 15 is 0 Å². The predicted octanol–water partition coefficient (Wildman–Crippen LogP) is 2.41.